The molecule has 0 saturated carbocycles. The van der Waals surface area contributed by atoms with Gasteiger partial charge in [0.05, 0.1) is 11.3 Å². The third-order valence-electron chi connectivity index (χ3n) is 2.84. The average molecular weight is 215 g/mol. The molecule has 1 heterocycles. The van der Waals surface area contributed by atoms with Crippen LogP contribution in [-0.2, 0) is 4.79 Å². The van der Waals surface area contributed by atoms with Gasteiger partial charge in [-0.3, -0.25) is 9.59 Å². The van der Waals surface area contributed by atoms with E-state index in [1.54, 1.807) is 6.08 Å². The molecule has 0 bridgehead atoms. The molecule has 1 aromatic rings. The first-order valence-corrected chi connectivity index (χ1v) is 5.15. The Bertz CT molecular complexity index is 503. The summed E-state index contributed by atoms with van der Waals surface area (Å²) < 4.78 is 0. The van der Waals surface area contributed by atoms with Gasteiger partial charge in [0, 0.05) is 6.54 Å². The Morgan fingerprint density at radius 1 is 1.25 bits per heavy atom. The third kappa shape index (κ3) is 1.28. The molecule has 0 radical (unpaired) electrons. The van der Waals surface area contributed by atoms with Gasteiger partial charge in [-0.05, 0) is 25.0 Å². The van der Waals surface area contributed by atoms with E-state index in [1.807, 2.05) is 26.0 Å². The summed E-state index contributed by atoms with van der Waals surface area (Å²) in [6, 6.07) is 3.80. The second-order valence-corrected chi connectivity index (χ2v) is 3.96. The van der Waals surface area contributed by atoms with E-state index >= 15 is 0 Å². The number of carbonyl (C=O) groups excluding carboxylic acids is 2. The van der Waals surface area contributed by atoms with Gasteiger partial charge in [0.2, 0.25) is 0 Å². The number of carbonyl (C=O) groups is 2. The predicted octanol–water partition coefficient (Wildman–Crippen LogP) is 2.02. The van der Waals surface area contributed by atoms with Crippen molar-refractivity contribution in [3.8, 4) is 0 Å². The number of hydrogen-bond donors (Lipinski definition) is 0. The smallest absolute Gasteiger partial charge is 0.299 e. The molecule has 0 N–H and O–H groups in total. The Balaban J connectivity index is 2.69. The molecule has 0 aliphatic carbocycles. The summed E-state index contributed by atoms with van der Waals surface area (Å²) in [6.07, 6.45) is 1.63. The Kier molecular flexibility index (Phi) is 2.38. The predicted molar refractivity (Wildman–Crippen MR) is 62.8 cm³/mol. The molecular formula is C13H13NO2. The molecule has 3 nitrogen and oxygen atoms in total. The zero-order valence-electron chi connectivity index (χ0n) is 9.41. The first-order valence-electron chi connectivity index (χ1n) is 5.15. The van der Waals surface area contributed by atoms with Crippen LogP contribution in [0, 0.1) is 13.8 Å². The molecule has 0 unspecified atom stereocenters. The van der Waals surface area contributed by atoms with Crippen molar-refractivity contribution >= 4 is 17.4 Å². The van der Waals surface area contributed by atoms with E-state index in [1.165, 1.54) is 4.90 Å². The average Bonchev–Trinajstić information content (AvgIpc) is 2.50. The minimum Gasteiger partial charge on any atom is -0.301 e. The monoisotopic (exact) mass is 215 g/mol. The maximum absolute atomic E-state index is 11.8. The summed E-state index contributed by atoms with van der Waals surface area (Å²) in [5.74, 6) is -0.856. The van der Waals surface area contributed by atoms with Crippen molar-refractivity contribution in [2.45, 2.75) is 13.8 Å². The molecule has 0 saturated heterocycles. The molecule has 1 aromatic carbocycles. The quantitative estimate of drug-likeness (QED) is 0.559. The number of hydrogen-bond acceptors (Lipinski definition) is 2. The molecule has 1 aliphatic rings. The summed E-state index contributed by atoms with van der Waals surface area (Å²) in [7, 11) is 0. The van der Waals surface area contributed by atoms with Crippen molar-refractivity contribution in [2.75, 3.05) is 11.4 Å². The summed E-state index contributed by atoms with van der Waals surface area (Å²) in [4.78, 5) is 25.1. The van der Waals surface area contributed by atoms with Gasteiger partial charge < -0.3 is 4.90 Å². The van der Waals surface area contributed by atoms with Gasteiger partial charge in [-0.2, -0.15) is 0 Å². The molecule has 1 amide bonds. The van der Waals surface area contributed by atoms with E-state index < -0.39 is 11.7 Å². The number of aryl methyl sites for hydroxylation is 2. The summed E-state index contributed by atoms with van der Waals surface area (Å²) in [5.41, 5.74) is 3.09. The lowest BCUT2D eigenvalue weighted by molar-refractivity contribution is -0.114. The topological polar surface area (TPSA) is 37.4 Å². The number of Topliss-reactive ketones (excluding diaryl/α,β-unsaturated/α-hetero) is 1. The number of benzene rings is 1. The Hall–Kier alpha value is -1.90. The van der Waals surface area contributed by atoms with E-state index in [4.69, 9.17) is 0 Å². The van der Waals surface area contributed by atoms with Crippen LogP contribution >= 0.6 is 0 Å². The van der Waals surface area contributed by atoms with E-state index in [9.17, 15) is 9.59 Å². The largest absolute Gasteiger partial charge is 0.301 e. The standard InChI is InChI=1S/C13H13NO2/c1-4-7-14-11-9(3)6-5-8(2)10(11)12(15)13(14)16/h4-6H,1,7H2,2-3H3. The molecule has 0 aromatic heterocycles. The number of fused-ring (bicyclic) bond motifs is 1. The van der Waals surface area contributed by atoms with E-state index in [0.717, 1.165) is 16.8 Å². The first-order chi connectivity index (χ1) is 7.57. The fourth-order valence-corrected chi connectivity index (χ4v) is 2.07. The zero-order chi connectivity index (χ0) is 11.9. The minimum absolute atomic E-state index is 0.377. The minimum atomic E-state index is -0.452. The number of ketones is 1. The van der Waals surface area contributed by atoms with Crippen molar-refractivity contribution in [3.05, 3.63) is 41.5 Å². The highest BCUT2D eigenvalue weighted by Gasteiger charge is 2.37. The van der Waals surface area contributed by atoms with Gasteiger partial charge >= 0.3 is 0 Å². The molecule has 82 valence electrons. The van der Waals surface area contributed by atoms with Crippen LogP contribution in [0.5, 0.6) is 0 Å². The summed E-state index contributed by atoms with van der Waals surface area (Å²) >= 11 is 0. The van der Waals surface area contributed by atoms with Gasteiger partial charge in [-0.1, -0.05) is 18.2 Å². The molecule has 1 aliphatic heterocycles. The van der Waals surface area contributed by atoms with Crippen LogP contribution in [0.2, 0.25) is 0 Å². The lowest BCUT2D eigenvalue weighted by atomic mass is 10.0. The Morgan fingerprint density at radius 2 is 1.88 bits per heavy atom. The van der Waals surface area contributed by atoms with Crippen molar-refractivity contribution < 1.29 is 9.59 Å². The normalized spacial score (nSPS) is 14.2. The fraction of sp³-hybridized carbons (Fsp3) is 0.231. The van der Waals surface area contributed by atoms with Crippen LogP contribution in [0.15, 0.2) is 24.8 Å². The van der Waals surface area contributed by atoms with Gasteiger partial charge in [-0.15, -0.1) is 6.58 Å². The van der Waals surface area contributed by atoms with Crippen LogP contribution in [0.4, 0.5) is 5.69 Å². The molecule has 3 heteroatoms. The number of nitrogens with zero attached hydrogens (tertiary/aromatic N) is 1. The maximum atomic E-state index is 11.8. The molecule has 2 rings (SSSR count). The summed E-state index contributed by atoms with van der Waals surface area (Å²) in [5, 5.41) is 0. The van der Waals surface area contributed by atoms with E-state index in [-0.39, 0.29) is 0 Å². The van der Waals surface area contributed by atoms with Gasteiger partial charge in [0.25, 0.3) is 11.7 Å². The fourth-order valence-electron chi connectivity index (χ4n) is 2.07. The van der Waals surface area contributed by atoms with Crippen molar-refractivity contribution in [1.82, 2.24) is 0 Å². The van der Waals surface area contributed by atoms with E-state index in [0.29, 0.717) is 12.1 Å². The molecule has 16 heavy (non-hydrogen) atoms. The maximum Gasteiger partial charge on any atom is 0.299 e. The van der Waals surface area contributed by atoms with E-state index in [2.05, 4.69) is 6.58 Å². The van der Waals surface area contributed by atoms with Crippen molar-refractivity contribution in [1.29, 1.82) is 0 Å². The van der Waals surface area contributed by atoms with Crippen LogP contribution in [0.3, 0.4) is 0 Å². The SMILES string of the molecule is C=CCN1C(=O)C(=O)c2c(C)ccc(C)c21. The zero-order valence-corrected chi connectivity index (χ0v) is 9.41. The van der Waals surface area contributed by atoms with Gasteiger partial charge in [0.15, 0.2) is 0 Å². The van der Waals surface area contributed by atoms with Crippen LogP contribution < -0.4 is 4.90 Å². The molecule has 0 spiro atoms. The highest BCUT2D eigenvalue weighted by atomic mass is 16.2. The molecule has 0 fully saturated rings. The number of rotatable bonds is 2. The van der Waals surface area contributed by atoms with Crippen LogP contribution in [0.25, 0.3) is 0 Å². The second-order valence-electron chi connectivity index (χ2n) is 3.96. The Labute approximate surface area is 94.4 Å². The molecule has 0 atom stereocenters. The third-order valence-corrected chi connectivity index (χ3v) is 2.84. The van der Waals surface area contributed by atoms with Gasteiger partial charge in [0.1, 0.15) is 0 Å². The van der Waals surface area contributed by atoms with Crippen molar-refractivity contribution in [2.24, 2.45) is 0 Å². The number of amides is 1. The molecular weight excluding hydrogens is 202 g/mol. The van der Waals surface area contributed by atoms with Gasteiger partial charge in [-0.25, -0.2) is 0 Å². The summed E-state index contributed by atoms with van der Waals surface area (Å²) in [6.45, 7) is 7.73. The number of anilines is 1. The van der Waals surface area contributed by atoms with Crippen LogP contribution in [-0.4, -0.2) is 18.2 Å². The Morgan fingerprint density at radius 3 is 2.50 bits per heavy atom. The first kappa shape index (κ1) is 10.6. The van der Waals surface area contributed by atoms with Crippen molar-refractivity contribution in [3.63, 3.8) is 0 Å². The lowest BCUT2D eigenvalue weighted by Crippen LogP contribution is -2.30. The highest BCUT2D eigenvalue weighted by Crippen LogP contribution is 2.34. The van der Waals surface area contributed by atoms with Crippen LogP contribution in [0.1, 0.15) is 21.5 Å². The second kappa shape index (κ2) is 3.59. The highest BCUT2D eigenvalue weighted by molar-refractivity contribution is 6.52. The lowest BCUT2D eigenvalue weighted by Gasteiger charge is -2.16.